The molecule has 29 heavy (non-hydrogen) atoms. The Morgan fingerprint density at radius 3 is 2.69 bits per heavy atom. The van der Waals surface area contributed by atoms with E-state index in [-0.39, 0.29) is 12.0 Å². The van der Waals surface area contributed by atoms with Crippen LogP contribution in [0, 0.1) is 0 Å². The Labute approximate surface area is 174 Å². The molecule has 1 saturated heterocycles. The number of carbonyl (C=O) groups is 1. The average Bonchev–Trinajstić information content (AvgIpc) is 3.28. The Bertz CT molecular complexity index is 1020. The molecule has 0 unspecified atom stereocenters. The first-order chi connectivity index (χ1) is 14.1. The van der Waals surface area contributed by atoms with Crippen molar-refractivity contribution >= 4 is 27.5 Å². The van der Waals surface area contributed by atoms with Crippen LogP contribution in [0.4, 0.5) is 0 Å². The van der Waals surface area contributed by atoms with Gasteiger partial charge in [0.15, 0.2) is 0 Å². The van der Waals surface area contributed by atoms with Gasteiger partial charge in [-0.25, -0.2) is 4.98 Å². The number of rotatable bonds is 3. The highest BCUT2D eigenvalue weighted by Crippen LogP contribution is 2.40. The van der Waals surface area contributed by atoms with Crippen LogP contribution in [0.3, 0.4) is 0 Å². The van der Waals surface area contributed by atoms with Gasteiger partial charge in [-0.15, -0.1) is 11.3 Å². The van der Waals surface area contributed by atoms with Gasteiger partial charge in [0, 0.05) is 37.7 Å². The van der Waals surface area contributed by atoms with E-state index >= 15 is 0 Å². The zero-order chi connectivity index (χ0) is 20.0. The van der Waals surface area contributed by atoms with Crippen LogP contribution >= 0.6 is 11.3 Å². The third-order valence-electron chi connectivity index (χ3n) is 6.13. The normalized spacial score (nSPS) is 21.9. The lowest BCUT2D eigenvalue weighted by Gasteiger charge is -2.34. The Morgan fingerprint density at radius 1 is 1.10 bits per heavy atom. The fraction of sp³-hybridized carbons (Fsp3) is 0.391. The molecule has 0 spiro atoms. The Morgan fingerprint density at radius 2 is 1.90 bits per heavy atom. The van der Waals surface area contributed by atoms with Gasteiger partial charge in [0.25, 0.3) is 5.91 Å². The summed E-state index contributed by atoms with van der Waals surface area (Å²) in [5, 5.41) is 1.14. The summed E-state index contributed by atoms with van der Waals surface area (Å²) >= 11 is 1.76. The molecule has 2 aliphatic heterocycles. The summed E-state index contributed by atoms with van der Waals surface area (Å²) in [5.41, 5.74) is 2.93. The maximum atomic E-state index is 13.2. The molecule has 150 valence electrons. The van der Waals surface area contributed by atoms with Crippen molar-refractivity contribution in [2.24, 2.45) is 0 Å². The summed E-state index contributed by atoms with van der Waals surface area (Å²) in [4.78, 5) is 22.3. The SMILES string of the molecule is C[C@H]1Oc2c(C(=O)N3CCN(Cc4nc5ccccc5s4)CC3)cccc2[C@@H]1C. The van der Waals surface area contributed by atoms with E-state index in [4.69, 9.17) is 9.72 Å². The quantitative estimate of drug-likeness (QED) is 0.655. The fourth-order valence-corrected chi connectivity index (χ4v) is 5.22. The van der Waals surface area contributed by atoms with E-state index in [1.54, 1.807) is 11.3 Å². The second kappa shape index (κ2) is 7.43. The van der Waals surface area contributed by atoms with Crippen LogP contribution in [-0.4, -0.2) is 53.0 Å². The Balaban J connectivity index is 1.25. The van der Waals surface area contributed by atoms with Gasteiger partial charge in [0.2, 0.25) is 0 Å². The monoisotopic (exact) mass is 407 g/mol. The Hall–Kier alpha value is -2.44. The number of hydrogen-bond acceptors (Lipinski definition) is 5. The van der Waals surface area contributed by atoms with Crippen LogP contribution in [0.5, 0.6) is 5.75 Å². The molecule has 0 radical (unpaired) electrons. The van der Waals surface area contributed by atoms with E-state index in [1.807, 2.05) is 23.1 Å². The number of piperazine rings is 1. The highest BCUT2D eigenvalue weighted by Gasteiger charge is 2.33. The molecule has 0 saturated carbocycles. The second-order valence-corrected chi connectivity index (χ2v) is 9.09. The molecule has 5 nitrogen and oxygen atoms in total. The van der Waals surface area contributed by atoms with E-state index in [2.05, 4.69) is 43.0 Å². The minimum absolute atomic E-state index is 0.0859. The number of thiazole rings is 1. The van der Waals surface area contributed by atoms with Crippen LogP contribution in [0.15, 0.2) is 42.5 Å². The number of hydrogen-bond donors (Lipinski definition) is 0. The second-order valence-electron chi connectivity index (χ2n) is 7.98. The number of amides is 1. The lowest BCUT2D eigenvalue weighted by Crippen LogP contribution is -2.48. The van der Waals surface area contributed by atoms with Crippen molar-refractivity contribution in [3.8, 4) is 5.75 Å². The zero-order valence-electron chi connectivity index (χ0n) is 16.8. The summed E-state index contributed by atoms with van der Waals surface area (Å²) in [7, 11) is 0. The average molecular weight is 408 g/mol. The number of ether oxygens (including phenoxy) is 1. The number of benzene rings is 2. The van der Waals surface area contributed by atoms with Crippen molar-refractivity contribution in [1.29, 1.82) is 0 Å². The molecule has 2 aromatic carbocycles. The van der Waals surface area contributed by atoms with E-state index < -0.39 is 0 Å². The number of nitrogens with zero attached hydrogens (tertiary/aromatic N) is 3. The molecule has 0 N–H and O–H groups in total. The maximum Gasteiger partial charge on any atom is 0.257 e. The van der Waals surface area contributed by atoms with Crippen molar-refractivity contribution in [2.75, 3.05) is 26.2 Å². The highest BCUT2D eigenvalue weighted by atomic mass is 32.1. The van der Waals surface area contributed by atoms with Crippen LogP contribution in [0.1, 0.15) is 40.7 Å². The predicted molar refractivity (Wildman–Crippen MR) is 116 cm³/mol. The third kappa shape index (κ3) is 3.40. The van der Waals surface area contributed by atoms with Crippen molar-refractivity contribution in [1.82, 2.24) is 14.8 Å². The molecule has 3 heterocycles. The first kappa shape index (κ1) is 18.6. The molecular weight excluding hydrogens is 382 g/mol. The number of para-hydroxylation sites is 2. The first-order valence-electron chi connectivity index (χ1n) is 10.3. The molecule has 1 amide bonds. The number of aromatic nitrogens is 1. The van der Waals surface area contributed by atoms with E-state index in [9.17, 15) is 4.79 Å². The predicted octanol–water partition coefficient (Wildman–Crippen LogP) is 4.14. The topological polar surface area (TPSA) is 45.7 Å². The van der Waals surface area contributed by atoms with Crippen molar-refractivity contribution in [3.05, 3.63) is 58.6 Å². The molecule has 6 heteroatoms. The van der Waals surface area contributed by atoms with Crippen LogP contribution in [-0.2, 0) is 6.54 Å². The molecule has 5 rings (SSSR count). The summed E-state index contributed by atoms with van der Waals surface area (Å²) in [6, 6.07) is 14.2. The molecule has 3 aromatic rings. The largest absolute Gasteiger partial charge is 0.489 e. The maximum absolute atomic E-state index is 13.2. The summed E-state index contributed by atoms with van der Waals surface area (Å²) in [5.74, 6) is 1.19. The van der Waals surface area contributed by atoms with E-state index in [0.29, 0.717) is 11.5 Å². The van der Waals surface area contributed by atoms with Crippen LogP contribution in [0.2, 0.25) is 0 Å². The third-order valence-corrected chi connectivity index (χ3v) is 7.15. The molecule has 0 bridgehead atoms. The van der Waals surface area contributed by atoms with Gasteiger partial charge in [-0.05, 0) is 25.1 Å². The van der Waals surface area contributed by atoms with Gasteiger partial charge in [-0.1, -0.05) is 31.2 Å². The molecular formula is C23H25N3O2S. The van der Waals surface area contributed by atoms with Crippen molar-refractivity contribution in [3.63, 3.8) is 0 Å². The van der Waals surface area contributed by atoms with Crippen LogP contribution in [0.25, 0.3) is 10.2 Å². The minimum Gasteiger partial charge on any atom is -0.489 e. The highest BCUT2D eigenvalue weighted by molar-refractivity contribution is 7.18. The zero-order valence-corrected chi connectivity index (χ0v) is 17.6. The first-order valence-corrected chi connectivity index (χ1v) is 11.1. The number of carbonyl (C=O) groups excluding carboxylic acids is 1. The summed E-state index contributed by atoms with van der Waals surface area (Å²) < 4.78 is 7.26. The summed E-state index contributed by atoms with van der Waals surface area (Å²) in [6.07, 6.45) is 0.115. The molecule has 1 fully saturated rings. The number of fused-ring (bicyclic) bond motifs is 2. The van der Waals surface area contributed by atoms with Gasteiger partial charge in [0.1, 0.15) is 16.9 Å². The van der Waals surface area contributed by atoms with Gasteiger partial charge in [0.05, 0.1) is 22.3 Å². The smallest absolute Gasteiger partial charge is 0.257 e. The Kier molecular flexibility index (Phi) is 4.76. The standard InChI is InChI=1S/C23H25N3O2S/c1-15-16(2)28-22-17(15)6-5-7-18(22)23(27)26-12-10-25(11-13-26)14-21-24-19-8-3-4-9-20(19)29-21/h3-9,15-16H,10-14H2,1-2H3/t15-,16-/m1/s1. The lowest BCUT2D eigenvalue weighted by molar-refractivity contribution is 0.0623. The fourth-order valence-electron chi connectivity index (χ4n) is 4.21. The van der Waals surface area contributed by atoms with Gasteiger partial charge < -0.3 is 9.64 Å². The molecule has 2 atom stereocenters. The van der Waals surface area contributed by atoms with Gasteiger partial charge in [-0.2, -0.15) is 0 Å². The van der Waals surface area contributed by atoms with E-state index in [0.717, 1.165) is 54.6 Å². The minimum atomic E-state index is 0.0859. The van der Waals surface area contributed by atoms with Crippen molar-refractivity contribution < 1.29 is 9.53 Å². The summed E-state index contributed by atoms with van der Waals surface area (Å²) in [6.45, 7) is 8.28. The van der Waals surface area contributed by atoms with Gasteiger partial charge >= 0.3 is 0 Å². The molecule has 2 aliphatic rings. The van der Waals surface area contributed by atoms with Crippen molar-refractivity contribution in [2.45, 2.75) is 32.4 Å². The molecule has 0 aliphatic carbocycles. The van der Waals surface area contributed by atoms with E-state index in [1.165, 1.54) is 4.70 Å². The van der Waals surface area contributed by atoms with Crippen LogP contribution < -0.4 is 4.74 Å². The lowest BCUT2D eigenvalue weighted by atomic mass is 9.96. The van der Waals surface area contributed by atoms with Gasteiger partial charge in [-0.3, -0.25) is 9.69 Å². The molecule has 1 aromatic heterocycles.